The van der Waals surface area contributed by atoms with E-state index in [-0.39, 0.29) is 0 Å². The predicted molar refractivity (Wildman–Crippen MR) is 92.5 cm³/mol. The fraction of sp³-hybridized carbons (Fsp3) is 0.643. The molecule has 21 heavy (non-hydrogen) atoms. The Labute approximate surface area is 134 Å². The van der Waals surface area contributed by atoms with Gasteiger partial charge in [0.15, 0.2) is 5.17 Å². The van der Waals surface area contributed by atoms with Gasteiger partial charge in [-0.1, -0.05) is 42.5 Å². The van der Waals surface area contributed by atoms with Crippen molar-refractivity contribution in [3.8, 4) is 0 Å². The lowest BCUT2D eigenvalue weighted by molar-refractivity contribution is 0.367. The monoisotopic (exact) mass is 325 g/mol. The number of hydrogen-bond acceptors (Lipinski definition) is 6. The molecule has 2 unspecified atom stereocenters. The van der Waals surface area contributed by atoms with Crippen LogP contribution in [0.1, 0.15) is 50.0 Å². The SMILES string of the molecule is CCC=C(SC(N)=NC)C1CCCC(c2nnc(N)s2)C1. The molecule has 1 heterocycles. The highest BCUT2D eigenvalue weighted by Gasteiger charge is 2.28. The smallest absolute Gasteiger partial charge is 0.203 e. The molecule has 1 aromatic heterocycles. The minimum absolute atomic E-state index is 0.471. The second kappa shape index (κ2) is 7.79. The summed E-state index contributed by atoms with van der Waals surface area (Å²) in [4.78, 5) is 5.42. The van der Waals surface area contributed by atoms with Crippen molar-refractivity contribution < 1.29 is 0 Å². The molecular weight excluding hydrogens is 302 g/mol. The van der Waals surface area contributed by atoms with Gasteiger partial charge in [-0.25, -0.2) is 0 Å². The number of aliphatic imine (C=N–C) groups is 1. The largest absolute Gasteiger partial charge is 0.378 e. The van der Waals surface area contributed by atoms with Crippen LogP contribution in [0.3, 0.4) is 0 Å². The highest BCUT2D eigenvalue weighted by atomic mass is 32.2. The van der Waals surface area contributed by atoms with Crippen LogP contribution in [-0.2, 0) is 0 Å². The summed E-state index contributed by atoms with van der Waals surface area (Å²) in [6, 6.07) is 0. The molecule has 0 spiro atoms. The summed E-state index contributed by atoms with van der Waals surface area (Å²) in [5, 5.41) is 10.5. The van der Waals surface area contributed by atoms with Crippen LogP contribution in [-0.4, -0.2) is 22.4 Å². The van der Waals surface area contributed by atoms with Crippen LogP contribution in [0.25, 0.3) is 0 Å². The van der Waals surface area contributed by atoms with Gasteiger partial charge >= 0.3 is 0 Å². The summed E-state index contributed by atoms with van der Waals surface area (Å²) in [6.45, 7) is 2.16. The molecule has 0 bridgehead atoms. The Morgan fingerprint density at radius 1 is 1.48 bits per heavy atom. The van der Waals surface area contributed by atoms with E-state index in [9.17, 15) is 0 Å². The molecule has 1 aliphatic carbocycles. The third kappa shape index (κ3) is 4.44. The molecule has 116 valence electrons. The molecule has 5 nitrogen and oxygen atoms in total. The molecule has 0 radical (unpaired) electrons. The first-order valence-electron chi connectivity index (χ1n) is 7.33. The molecule has 2 atom stereocenters. The van der Waals surface area contributed by atoms with Crippen LogP contribution in [0.5, 0.6) is 0 Å². The third-order valence-corrected chi connectivity index (χ3v) is 5.77. The van der Waals surface area contributed by atoms with Crippen molar-refractivity contribution in [2.45, 2.75) is 44.9 Å². The molecule has 0 amide bonds. The Morgan fingerprint density at radius 3 is 2.90 bits per heavy atom. The molecule has 1 fully saturated rings. The van der Waals surface area contributed by atoms with E-state index in [1.165, 1.54) is 35.5 Å². The van der Waals surface area contributed by atoms with Gasteiger partial charge in [-0.3, -0.25) is 4.99 Å². The normalized spacial score (nSPS) is 24.3. The predicted octanol–water partition coefficient (Wildman–Crippen LogP) is 3.37. The highest BCUT2D eigenvalue weighted by Crippen LogP contribution is 2.43. The maximum atomic E-state index is 5.90. The van der Waals surface area contributed by atoms with E-state index in [0.29, 0.717) is 22.1 Å². The van der Waals surface area contributed by atoms with E-state index < -0.39 is 0 Å². The molecule has 1 aromatic rings. The minimum atomic E-state index is 0.471. The number of nitrogen functional groups attached to an aromatic ring is 1. The molecule has 0 saturated heterocycles. The maximum absolute atomic E-state index is 5.90. The number of nitrogens with zero attached hydrogens (tertiary/aromatic N) is 3. The zero-order valence-electron chi connectivity index (χ0n) is 12.6. The quantitative estimate of drug-likeness (QED) is 0.654. The molecule has 1 saturated carbocycles. The maximum Gasteiger partial charge on any atom is 0.203 e. The summed E-state index contributed by atoms with van der Waals surface area (Å²) in [5.41, 5.74) is 11.6. The lowest BCUT2D eigenvalue weighted by Crippen LogP contribution is -2.17. The lowest BCUT2D eigenvalue weighted by Gasteiger charge is -2.29. The second-order valence-electron chi connectivity index (χ2n) is 5.22. The van der Waals surface area contributed by atoms with Crippen LogP contribution in [0.15, 0.2) is 16.0 Å². The first-order chi connectivity index (χ1) is 10.1. The average molecular weight is 326 g/mol. The number of amidine groups is 1. The molecule has 0 aliphatic heterocycles. The number of aromatic nitrogens is 2. The fourth-order valence-electron chi connectivity index (χ4n) is 2.74. The number of hydrogen-bond donors (Lipinski definition) is 2. The molecule has 7 heteroatoms. The van der Waals surface area contributed by atoms with E-state index in [1.54, 1.807) is 18.8 Å². The molecule has 2 rings (SSSR count). The van der Waals surface area contributed by atoms with Crippen molar-refractivity contribution >= 4 is 33.4 Å². The average Bonchev–Trinajstić information content (AvgIpc) is 2.93. The number of thioether (sulfide) groups is 1. The second-order valence-corrected chi connectivity index (χ2v) is 7.35. The Morgan fingerprint density at radius 2 is 2.29 bits per heavy atom. The summed E-state index contributed by atoms with van der Waals surface area (Å²) < 4.78 is 0. The van der Waals surface area contributed by atoms with Gasteiger partial charge in [0.05, 0.1) is 0 Å². The zero-order valence-corrected chi connectivity index (χ0v) is 14.2. The number of nitrogens with two attached hydrogens (primary N) is 2. The van der Waals surface area contributed by atoms with E-state index in [2.05, 4.69) is 28.2 Å². The molecule has 1 aliphatic rings. The van der Waals surface area contributed by atoms with Crippen molar-refractivity contribution in [1.29, 1.82) is 0 Å². The highest BCUT2D eigenvalue weighted by molar-refractivity contribution is 8.17. The molecule has 4 N–H and O–H groups in total. The number of anilines is 1. The fourth-order valence-corrected chi connectivity index (χ4v) is 4.47. The van der Waals surface area contributed by atoms with Crippen molar-refractivity contribution in [3.05, 3.63) is 16.0 Å². The Balaban J connectivity index is 2.09. The summed E-state index contributed by atoms with van der Waals surface area (Å²) >= 11 is 3.13. The first-order valence-corrected chi connectivity index (χ1v) is 8.96. The number of allylic oxidation sites excluding steroid dienone is 2. The van der Waals surface area contributed by atoms with Crippen LogP contribution >= 0.6 is 23.1 Å². The summed E-state index contributed by atoms with van der Waals surface area (Å²) in [6.07, 6.45) is 7.99. The van der Waals surface area contributed by atoms with Gasteiger partial charge in [-0.2, -0.15) is 0 Å². The van der Waals surface area contributed by atoms with Gasteiger partial charge in [0.2, 0.25) is 5.13 Å². The minimum Gasteiger partial charge on any atom is -0.378 e. The topological polar surface area (TPSA) is 90.2 Å². The van der Waals surface area contributed by atoms with Crippen LogP contribution in [0.4, 0.5) is 5.13 Å². The van der Waals surface area contributed by atoms with Gasteiger partial charge in [-0.05, 0) is 36.5 Å². The Bertz CT molecular complexity index is 523. The van der Waals surface area contributed by atoms with Crippen molar-refractivity contribution in [2.24, 2.45) is 16.6 Å². The summed E-state index contributed by atoms with van der Waals surface area (Å²) in [5.74, 6) is 1.01. The zero-order chi connectivity index (χ0) is 15.2. The number of rotatable bonds is 4. The van der Waals surface area contributed by atoms with Crippen molar-refractivity contribution in [1.82, 2.24) is 10.2 Å². The van der Waals surface area contributed by atoms with Gasteiger partial charge in [0.1, 0.15) is 5.01 Å². The van der Waals surface area contributed by atoms with Crippen LogP contribution < -0.4 is 11.5 Å². The summed E-state index contributed by atoms with van der Waals surface area (Å²) in [7, 11) is 1.74. The van der Waals surface area contributed by atoms with Gasteiger partial charge in [0, 0.05) is 13.0 Å². The molecular formula is C14H23N5S2. The van der Waals surface area contributed by atoms with Crippen molar-refractivity contribution in [3.63, 3.8) is 0 Å². The van der Waals surface area contributed by atoms with Gasteiger partial charge < -0.3 is 11.5 Å². The third-order valence-electron chi connectivity index (χ3n) is 3.73. The van der Waals surface area contributed by atoms with Crippen LogP contribution in [0.2, 0.25) is 0 Å². The standard InChI is InChI=1S/C14H23N5S2/c1-3-5-11(20-13(15)17-2)9-6-4-7-10(8-9)12-18-19-14(16)21-12/h5,9-10H,3-4,6-8H2,1-2H3,(H2,15,17)(H2,16,19). The first kappa shape index (κ1) is 16.3. The van der Waals surface area contributed by atoms with E-state index in [1.807, 2.05) is 0 Å². The molecule has 0 aromatic carbocycles. The van der Waals surface area contributed by atoms with E-state index in [0.717, 1.165) is 17.8 Å². The van der Waals surface area contributed by atoms with Crippen molar-refractivity contribution in [2.75, 3.05) is 12.8 Å². The van der Waals surface area contributed by atoms with Crippen LogP contribution in [0, 0.1) is 5.92 Å². The Kier molecular flexibility index (Phi) is 6.05. The lowest BCUT2D eigenvalue weighted by atomic mass is 9.81. The van der Waals surface area contributed by atoms with E-state index >= 15 is 0 Å². The van der Waals surface area contributed by atoms with Gasteiger partial charge in [-0.15, -0.1) is 10.2 Å². The van der Waals surface area contributed by atoms with E-state index in [4.69, 9.17) is 11.5 Å². The van der Waals surface area contributed by atoms with Gasteiger partial charge in [0.25, 0.3) is 0 Å². The Hall–Kier alpha value is -1.08.